The van der Waals surface area contributed by atoms with Gasteiger partial charge >= 0.3 is 0 Å². The summed E-state index contributed by atoms with van der Waals surface area (Å²) < 4.78 is 0. The molecule has 0 aromatic heterocycles. The topological polar surface area (TPSA) is 12.0 Å². The van der Waals surface area contributed by atoms with Crippen LogP contribution in [0.1, 0.15) is 57.8 Å². The maximum atomic E-state index is 3.79. The van der Waals surface area contributed by atoms with Crippen LogP contribution in [0.5, 0.6) is 0 Å². The van der Waals surface area contributed by atoms with E-state index in [-0.39, 0.29) is 0 Å². The number of rotatable bonds is 2. The van der Waals surface area contributed by atoms with Crippen molar-refractivity contribution < 1.29 is 0 Å². The van der Waals surface area contributed by atoms with E-state index in [1.807, 2.05) is 0 Å². The van der Waals surface area contributed by atoms with Gasteiger partial charge in [-0.15, -0.1) is 0 Å². The van der Waals surface area contributed by atoms with E-state index in [9.17, 15) is 0 Å². The van der Waals surface area contributed by atoms with E-state index in [1.54, 1.807) is 0 Å². The van der Waals surface area contributed by atoms with Crippen LogP contribution in [0, 0.1) is 11.3 Å². The summed E-state index contributed by atoms with van der Waals surface area (Å²) in [5.41, 5.74) is 0.759. The highest BCUT2D eigenvalue weighted by molar-refractivity contribution is 5.03. The van der Waals surface area contributed by atoms with Gasteiger partial charge in [0, 0.05) is 6.04 Å². The Balaban J connectivity index is 1.78. The van der Waals surface area contributed by atoms with E-state index in [0.29, 0.717) is 0 Å². The molecule has 1 aliphatic heterocycles. The molecule has 3 fully saturated rings. The number of nitrogens with one attached hydrogen (secondary N) is 1. The summed E-state index contributed by atoms with van der Waals surface area (Å²) in [6.07, 6.45) is 13.6. The van der Waals surface area contributed by atoms with Gasteiger partial charge in [0.2, 0.25) is 0 Å². The molecule has 1 unspecified atom stereocenters. The zero-order valence-electron chi connectivity index (χ0n) is 9.23. The Morgan fingerprint density at radius 2 is 1.64 bits per heavy atom. The predicted octanol–water partition coefficient (Wildman–Crippen LogP) is 3.10. The molecular weight excluding hydrogens is 170 g/mol. The summed E-state index contributed by atoms with van der Waals surface area (Å²) in [5.74, 6) is 1.11. The molecule has 0 aromatic rings. The summed E-state index contributed by atoms with van der Waals surface area (Å²) >= 11 is 0. The van der Waals surface area contributed by atoms with Crippen LogP contribution in [0.25, 0.3) is 0 Å². The smallest absolute Gasteiger partial charge is 0.0127 e. The Morgan fingerprint density at radius 1 is 0.857 bits per heavy atom. The van der Waals surface area contributed by atoms with E-state index in [0.717, 1.165) is 17.4 Å². The van der Waals surface area contributed by atoms with Crippen LogP contribution in [-0.4, -0.2) is 12.6 Å². The monoisotopic (exact) mass is 193 g/mol. The van der Waals surface area contributed by atoms with Crippen LogP contribution in [0.3, 0.4) is 0 Å². The second kappa shape index (κ2) is 3.52. The first-order chi connectivity index (χ1) is 6.92. The lowest BCUT2D eigenvalue weighted by Gasteiger charge is -2.43. The van der Waals surface area contributed by atoms with Gasteiger partial charge in [0.15, 0.2) is 0 Å². The van der Waals surface area contributed by atoms with E-state index in [1.165, 1.54) is 64.3 Å². The molecular formula is C13H23N. The molecule has 1 heterocycles. The van der Waals surface area contributed by atoms with Gasteiger partial charge in [0.05, 0.1) is 0 Å². The van der Waals surface area contributed by atoms with Crippen LogP contribution in [0.2, 0.25) is 0 Å². The minimum Gasteiger partial charge on any atom is -0.313 e. The molecule has 0 aromatic carbocycles. The highest BCUT2D eigenvalue weighted by atomic mass is 15.0. The van der Waals surface area contributed by atoms with Gasteiger partial charge in [-0.25, -0.2) is 0 Å². The molecule has 0 amide bonds. The van der Waals surface area contributed by atoms with Gasteiger partial charge in [-0.2, -0.15) is 0 Å². The fourth-order valence-electron chi connectivity index (χ4n) is 4.08. The normalized spacial score (nSPS) is 37.3. The largest absolute Gasteiger partial charge is 0.313 e. The van der Waals surface area contributed by atoms with Crippen molar-refractivity contribution in [1.82, 2.24) is 5.32 Å². The van der Waals surface area contributed by atoms with Crippen LogP contribution >= 0.6 is 0 Å². The Morgan fingerprint density at radius 3 is 2.21 bits per heavy atom. The Labute approximate surface area is 87.7 Å². The summed E-state index contributed by atoms with van der Waals surface area (Å²) in [6, 6.07) is 0.898. The summed E-state index contributed by atoms with van der Waals surface area (Å²) in [4.78, 5) is 0. The lowest BCUT2D eigenvalue weighted by Crippen LogP contribution is -2.44. The van der Waals surface area contributed by atoms with E-state index < -0.39 is 0 Å². The maximum absolute atomic E-state index is 3.79. The fraction of sp³-hybridized carbons (Fsp3) is 1.00. The van der Waals surface area contributed by atoms with Gasteiger partial charge in [-0.05, 0) is 56.4 Å². The third kappa shape index (κ3) is 1.41. The minimum atomic E-state index is 0.759. The third-order valence-electron chi connectivity index (χ3n) is 4.93. The summed E-state index contributed by atoms with van der Waals surface area (Å²) in [7, 11) is 0. The van der Waals surface area contributed by atoms with Crippen LogP contribution in [0.4, 0.5) is 0 Å². The molecule has 2 aliphatic carbocycles. The van der Waals surface area contributed by atoms with Crippen molar-refractivity contribution in [3.05, 3.63) is 0 Å². The Hall–Kier alpha value is -0.0400. The maximum Gasteiger partial charge on any atom is 0.0127 e. The predicted molar refractivity (Wildman–Crippen MR) is 59.3 cm³/mol. The Bertz CT molecular complexity index is 195. The van der Waals surface area contributed by atoms with Crippen molar-refractivity contribution >= 4 is 0 Å². The molecule has 80 valence electrons. The molecule has 0 spiro atoms. The highest BCUT2D eigenvalue weighted by Gasteiger charge is 2.50. The zero-order chi connectivity index (χ0) is 9.43. The van der Waals surface area contributed by atoms with Crippen molar-refractivity contribution in [1.29, 1.82) is 0 Å². The summed E-state index contributed by atoms with van der Waals surface area (Å²) in [6.45, 7) is 1.29. The second-order valence-corrected chi connectivity index (χ2v) is 5.72. The van der Waals surface area contributed by atoms with Crippen molar-refractivity contribution in [3.63, 3.8) is 0 Å². The SMILES string of the molecule is C1CCC(C2CC2)(C2CCCN2)CC1. The fourth-order valence-corrected chi connectivity index (χ4v) is 4.08. The molecule has 1 atom stereocenters. The van der Waals surface area contributed by atoms with Crippen molar-refractivity contribution in [3.8, 4) is 0 Å². The lowest BCUT2D eigenvalue weighted by atomic mass is 9.65. The first kappa shape index (κ1) is 9.21. The van der Waals surface area contributed by atoms with Gasteiger partial charge in [-0.1, -0.05) is 19.3 Å². The first-order valence-corrected chi connectivity index (χ1v) is 6.65. The molecule has 1 nitrogen and oxygen atoms in total. The van der Waals surface area contributed by atoms with Crippen LogP contribution in [-0.2, 0) is 0 Å². The molecule has 1 heteroatoms. The second-order valence-electron chi connectivity index (χ2n) is 5.72. The zero-order valence-corrected chi connectivity index (χ0v) is 9.23. The van der Waals surface area contributed by atoms with Gasteiger partial charge in [0.25, 0.3) is 0 Å². The van der Waals surface area contributed by atoms with Crippen molar-refractivity contribution in [2.24, 2.45) is 11.3 Å². The molecule has 0 bridgehead atoms. The van der Waals surface area contributed by atoms with Crippen LogP contribution < -0.4 is 5.32 Å². The van der Waals surface area contributed by atoms with Gasteiger partial charge in [0.1, 0.15) is 0 Å². The molecule has 1 N–H and O–H groups in total. The molecule has 1 saturated heterocycles. The van der Waals surface area contributed by atoms with Gasteiger partial charge in [-0.3, -0.25) is 0 Å². The molecule has 14 heavy (non-hydrogen) atoms. The third-order valence-corrected chi connectivity index (χ3v) is 4.93. The average molecular weight is 193 g/mol. The van der Waals surface area contributed by atoms with Crippen molar-refractivity contribution in [2.75, 3.05) is 6.54 Å². The molecule has 2 saturated carbocycles. The van der Waals surface area contributed by atoms with Crippen molar-refractivity contribution in [2.45, 2.75) is 63.8 Å². The average Bonchev–Trinajstić information content (AvgIpc) is 2.95. The molecule has 3 rings (SSSR count). The van der Waals surface area contributed by atoms with E-state index >= 15 is 0 Å². The quantitative estimate of drug-likeness (QED) is 0.710. The number of hydrogen-bond donors (Lipinski definition) is 1. The lowest BCUT2D eigenvalue weighted by molar-refractivity contribution is 0.102. The van der Waals surface area contributed by atoms with Crippen LogP contribution in [0.15, 0.2) is 0 Å². The van der Waals surface area contributed by atoms with E-state index in [2.05, 4.69) is 5.32 Å². The minimum absolute atomic E-state index is 0.759. The Kier molecular flexibility index (Phi) is 2.31. The summed E-state index contributed by atoms with van der Waals surface area (Å²) in [5, 5.41) is 3.79. The standard InChI is InChI=1S/C13H23N/c1-2-8-13(9-3-1,11-6-7-11)12-5-4-10-14-12/h11-12,14H,1-10H2. The highest BCUT2D eigenvalue weighted by Crippen LogP contribution is 2.56. The van der Waals surface area contributed by atoms with E-state index in [4.69, 9.17) is 0 Å². The first-order valence-electron chi connectivity index (χ1n) is 6.65. The molecule has 3 aliphatic rings. The molecule has 0 radical (unpaired) electrons. The number of hydrogen-bond acceptors (Lipinski definition) is 1. The van der Waals surface area contributed by atoms with Gasteiger partial charge < -0.3 is 5.32 Å².